The smallest absolute Gasteiger partial charge is 0.0238 e. The molecule has 1 aliphatic carbocycles. The summed E-state index contributed by atoms with van der Waals surface area (Å²) in [6, 6.07) is 0. The van der Waals surface area contributed by atoms with E-state index in [1.807, 2.05) is 0 Å². The maximum atomic E-state index is 4.03. The van der Waals surface area contributed by atoms with Gasteiger partial charge in [0.05, 0.1) is 0 Å². The van der Waals surface area contributed by atoms with Gasteiger partial charge in [-0.3, -0.25) is 0 Å². The molecule has 0 nitrogen and oxygen atoms in total. The topological polar surface area (TPSA) is 0 Å². The van der Waals surface area contributed by atoms with E-state index >= 15 is 0 Å². The van der Waals surface area contributed by atoms with E-state index in [-0.39, 0.29) is 0 Å². The van der Waals surface area contributed by atoms with Gasteiger partial charge in [0.25, 0.3) is 0 Å². The number of allylic oxidation sites excluding steroid dienone is 7. The second-order valence-corrected chi connectivity index (χ2v) is 2.99. The lowest BCUT2D eigenvalue weighted by atomic mass is 9.98. The molecule has 0 spiro atoms. The quantitative estimate of drug-likeness (QED) is 0.551. The minimum Gasteiger partial charge on any atom is -0.0915 e. The molecule has 0 aromatic rings. The number of hydrogen-bond acceptors (Lipinski definition) is 0. The molecule has 0 bridgehead atoms. The normalized spacial score (nSPS) is 16.6. The predicted octanol–water partition coefficient (Wildman–Crippen LogP) is 3.79. The summed E-state index contributed by atoms with van der Waals surface area (Å²) in [4.78, 5) is 0. The zero-order chi connectivity index (χ0) is 8.81. The monoisotopic (exact) mass is 160 g/mol. The Morgan fingerprint density at radius 1 is 1.67 bits per heavy atom. The molecular formula is C12H16. The molecule has 0 radical (unpaired) electrons. The lowest BCUT2D eigenvalue weighted by molar-refractivity contribution is 0.978. The molecule has 1 aliphatic rings. The largest absolute Gasteiger partial charge is 0.0915 e. The Kier molecular flexibility index (Phi) is 3.59. The van der Waals surface area contributed by atoms with Crippen molar-refractivity contribution in [1.82, 2.24) is 0 Å². The molecule has 0 heteroatoms. The average molecular weight is 160 g/mol. The van der Waals surface area contributed by atoms with Gasteiger partial charge in [-0.05, 0) is 30.4 Å². The minimum absolute atomic E-state index is 1.09. The molecular weight excluding hydrogens is 144 g/mol. The standard InChI is InChI=1S/C12H16/c1-3-4-8-11(2)12-9-6-5-7-10-12/h4-6,8-9H,2-3,7,10H2,1H3/b8-4-. The van der Waals surface area contributed by atoms with E-state index in [1.54, 1.807) is 0 Å². The molecule has 0 atom stereocenters. The van der Waals surface area contributed by atoms with Crippen molar-refractivity contribution in [3.63, 3.8) is 0 Å². The van der Waals surface area contributed by atoms with Crippen molar-refractivity contribution in [1.29, 1.82) is 0 Å². The molecule has 0 saturated carbocycles. The first-order chi connectivity index (χ1) is 5.84. The van der Waals surface area contributed by atoms with Crippen LogP contribution in [0.2, 0.25) is 0 Å². The summed E-state index contributed by atoms with van der Waals surface area (Å²) in [5, 5.41) is 0. The average Bonchev–Trinajstić information content (AvgIpc) is 2.15. The van der Waals surface area contributed by atoms with E-state index in [1.165, 1.54) is 11.1 Å². The molecule has 0 aromatic carbocycles. The van der Waals surface area contributed by atoms with E-state index in [9.17, 15) is 0 Å². The highest BCUT2D eigenvalue weighted by atomic mass is 14.0. The van der Waals surface area contributed by atoms with Gasteiger partial charge >= 0.3 is 0 Å². The third-order valence-corrected chi connectivity index (χ3v) is 1.98. The maximum Gasteiger partial charge on any atom is -0.0238 e. The molecule has 12 heavy (non-hydrogen) atoms. The van der Waals surface area contributed by atoms with Gasteiger partial charge < -0.3 is 0 Å². The van der Waals surface area contributed by atoms with Crippen LogP contribution in [-0.4, -0.2) is 0 Å². The summed E-state index contributed by atoms with van der Waals surface area (Å²) in [5.74, 6) is 0. The lowest BCUT2D eigenvalue weighted by Crippen LogP contribution is -1.88. The Hall–Kier alpha value is -1.04. The van der Waals surface area contributed by atoms with E-state index in [4.69, 9.17) is 0 Å². The van der Waals surface area contributed by atoms with Crippen molar-refractivity contribution >= 4 is 0 Å². The van der Waals surface area contributed by atoms with Gasteiger partial charge in [0.1, 0.15) is 0 Å². The van der Waals surface area contributed by atoms with Crippen LogP contribution >= 0.6 is 0 Å². The van der Waals surface area contributed by atoms with Crippen LogP contribution in [0.25, 0.3) is 0 Å². The van der Waals surface area contributed by atoms with E-state index in [0.29, 0.717) is 0 Å². The van der Waals surface area contributed by atoms with Crippen LogP contribution in [-0.2, 0) is 0 Å². The number of hydrogen-bond donors (Lipinski definition) is 0. The Balaban J connectivity index is 2.57. The van der Waals surface area contributed by atoms with Gasteiger partial charge in [0.15, 0.2) is 0 Å². The van der Waals surface area contributed by atoms with Crippen LogP contribution in [0, 0.1) is 0 Å². The van der Waals surface area contributed by atoms with Gasteiger partial charge in [-0.2, -0.15) is 0 Å². The first-order valence-electron chi connectivity index (χ1n) is 4.56. The molecule has 0 saturated heterocycles. The van der Waals surface area contributed by atoms with Gasteiger partial charge in [0.2, 0.25) is 0 Å². The van der Waals surface area contributed by atoms with Crippen molar-refractivity contribution < 1.29 is 0 Å². The fourth-order valence-corrected chi connectivity index (χ4v) is 1.24. The molecule has 0 aliphatic heterocycles. The van der Waals surface area contributed by atoms with Crippen molar-refractivity contribution in [3.05, 3.63) is 48.1 Å². The first-order valence-corrected chi connectivity index (χ1v) is 4.56. The zero-order valence-corrected chi connectivity index (χ0v) is 7.72. The van der Waals surface area contributed by atoms with Crippen LogP contribution in [0.4, 0.5) is 0 Å². The van der Waals surface area contributed by atoms with Crippen LogP contribution in [0.5, 0.6) is 0 Å². The SMILES string of the molecule is C=C(/C=C\CC)C1=CC=CCC1. The van der Waals surface area contributed by atoms with E-state index in [2.05, 4.69) is 43.9 Å². The van der Waals surface area contributed by atoms with Crippen LogP contribution in [0.1, 0.15) is 26.2 Å². The highest BCUT2D eigenvalue weighted by molar-refractivity contribution is 5.40. The van der Waals surface area contributed by atoms with Gasteiger partial charge in [-0.25, -0.2) is 0 Å². The lowest BCUT2D eigenvalue weighted by Gasteiger charge is -2.07. The summed E-state index contributed by atoms with van der Waals surface area (Å²) in [7, 11) is 0. The highest BCUT2D eigenvalue weighted by Gasteiger charge is 2.00. The second-order valence-electron chi connectivity index (χ2n) is 2.99. The fraction of sp³-hybridized carbons (Fsp3) is 0.333. The van der Waals surface area contributed by atoms with Crippen molar-refractivity contribution in [2.45, 2.75) is 26.2 Å². The van der Waals surface area contributed by atoms with Gasteiger partial charge in [0, 0.05) is 0 Å². The summed E-state index contributed by atoms with van der Waals surface area (Å²) < 4.78 is 0. The van der Waals surface area contributed by atoms with Crippen LogP contribution < -0.4 is 0 Å². The Morgan fingerprint density at radius 2 is 2.50 bits per heavy atom. The maximum absolute atomic E-state index is 4.03. The Bertz CT molecular complexity index is 239. The molecule has 64 valence electrons. The fourth-order valence-electron chi connectivity index (χ4n) is 1.24. The number of rotatable bonds is 3. The zero-order valence-electron chi connectivity index (χ0n) is 7.72. The highest BCUT2D eigenvalue weighted by Crippen LogP contribution is 2.19. The van der Waals surface area contributed by atoms with Crippen LogP contribution in [0.3, 0.4) is 0 Å². The first kappa shape index (κ1) is 9.05. The molecule has 0 amide bonds. The molecule has 1 rings (SSSR count). The summed E-state index contributed by atoms with van der Waals surface area (Å²) >= 11 is 0. The van der Waals surface area contributed by atoms with Gasteiger partial charge in [-0.1, -0.05) is 43.9 Å². The van der Waals surface area contributed by atoms with Crippen molar-refractivity contribution in [2.75, 3.05) is 0 Å². The van der Waals surface area contributed by atoms with Crippen LogP contribution in [0.15, 0.2) is 48.1 Å². The Morgan fingerprint density at radius 3 is 3.08 bits per heavy atom. The van der Waals surface area contributed by atoms with E-state index < -0.39 is 0 Å². The van der Waals surface area contributed by atoms with E-state index in [0.717, 1.165) is 19.3 Å². The predicted molar refractivity (Wildman–Crippen MR) is 55.0 cm³/mol. The van der Waals surface area contributed by atoms with Gasteiger partial charge in [-0.15, -0.1) is 0 Å². The molecule has 0 heterocycles. The Labute approximate surface area is 75.0 Å². The summed E-state index contributed by atoms with van der Waals surface area (Å²) in [6.07, 6.45) is 14.1. The third kappa shape index (κ3) is 2.54. The van der Waals surface area contributed by atoms with Crippen molar-refractivity contribution in [3.8, 4) is 0 Å². The summed E-state index contributed by atoms with van der Waals surface area (Å²) in [6.45, 7) is 6.16. The third-order valence-electron chi connectivity index (χ3n) is 1.98. The molecule has 0 unspecified atom stereocenters. The molecule has 0 fully saturated rings. The summed E-state index contributed by atoms with van der Waals surface area (Å²) in [5.41, 5.74) is 2.54. The molecule has 0 aromatic heterocycles. The molecule has 0 N–H and O–H groups in total. The minimum atomic E-state index is 1.09. The van der Waals surface area contributed by atoms with Crippen molar-refractivity contribution in [2.24, 2.45) is 0 Å². The second kappa shape index (κ2) is 4.76.